The van der Waals surface area contributed by atoms with Gasteiger partial charge in [-0.15, -0.1) is 0 Å². The minimum absolute atomic E-state index is 0.678. The van der Waals surface area contributed by atoms with Gasteiger partial charge in [-0.2, -0.15) is 0 Å². The van der Waals surface area contributed by atoms with Crippen molar-refractivity contribution in [2.45, 2.75) is 6.54 Å². The summed E-state index contributed by atoms with van der Waals surface area (Å²) in [4.78, 5) is 4.18. The Balaban J connectivity index is 2.37. The number of rotatable bonds is 7. The topological polar surface area (TPSA) is 48.3 Å². The second-order valence-electron chi connectivity index (χ2n) is 2.86. The first-order valence-electron chi connectivity index (χ1n) is 4.61. The Hall–Kier alpha value is -1.07. The molecule has 0 unspecified atom stereocenters. The van der Waals surface area contributed by atoms with Crippen molar-refractivity contribution < 1.29 is 9.47 Å². The van der Waals surface area contributed by atoms with Crippen LogP contribution in [0.3, 0.4) is 0 Å². The van der Waals surface area contributed by atoms with Gasteiger partial charge in [0.05, 0.1) is 13.2 Å². The summed E-state index contributed by atoms with van der Waals surface area (Å²) in [7, 11) is 3.37. The zero-order valence-electron chi connectivity index (χ0n) is 8.69. The van der Waals surface area contributed by atoms with Crippen molar-refractivity contribution in [3.05, 3.63) is 12.4 Å². The summed E-state index contributed by atoms with van der Waals surface area (Å²) in [5, 5.41) is 3.17. The summed E-state index contributed by atoms with van der Waals surface area (Å²) < 4.78 is 11.9. The van der Waals surface area contributed by atoms with Crippen molar-refractivity contribution in [1.82, 2.24) is 9.55 Å². The molecule has 0 atom stereocenters. The van der Waals surface area contributed by atoms with E-state index in [4.69, 9.17) is 9.47 Å². The van der Waals surface area contributed by atoms with Crippen molar-refractivity contribution in [2.75, 3.05) is 39.3 Å². The van der Waals surface area contributed by atoms with Gasteiger partial charge in [-0.25, -0.2) is 4.98 Å². The Labute approximate surface area is 84.0 Å². The Morgan fingerprint density at radius 3 is 2.86 bits per heavy atom. The van der Waals surface area contributed by atoms with E-state index in [1.54, 1.807) is 20.4 Å². The lowest BCUT2D eigenvalue weighted by atomic mass is 10.6. The molecule has 14 heavy (non-hydrogen) atoms. The van der Waals surface area contributed by atoms with Crippen LogP contribution < -0.4 is 5.32 Å². The zero-order chi connectivity index (χ0) is 10.2. The van der Waals surface area contributed by atoms with Crippen molar-refractivity contribution in [2.24, 2.45) is 0 Å². The molecule has 0 radical (unpaired) electrons. The van der Waals surface area contributed by atoms with Gasteiger partial charge in [0.1, 0.15) is 0 Å². The molecule has 0 aliphatic carbocycles. The maximum atomic E-state index is 4.99. The summed E-state index contributed by atoms with van der Waals surface area (Å²) in [6.45, 7) is 2.94. The third-order valence-corrected chi connectivity index (χ3v) is 1.84. The first-order valence-corrected chi connectivity index (χ1v) is 4.61. The Morgan fingerprint density at radius 1 is 1.36 bits per heavy atom. The Bertz CT molecular complexity index is 250. The summed E-state index contributed by atoms with van der Waals surface area (Å²) >= 11 is 0. The monoisotopic (exact) mass is 199 g/mol. The van der Waals surface area contributed by atoms with Gasteiger partial charge < -0.3 is 19.4 Å². The quantitative estimate of drug-likeness (QED) is 0.653. The van der Waals surface area contributed by atoms with E-state index in [1.807, 2.05) is 10.8 Å². The van der Waals surface area contributed by atoms with Gasteiger partial charge in [0, 0.05) is 39.7 Å². The first-order chi connectivity index (χ1) is 6.88. The molecule has 0 spiro atoms. The molecule has 1 N–H and O–H groups in total. The Morgan fingerprint density at radius 2 is 2.14 bits per heavy atom. The number of hydrogen-bond donors (Lipinski definition) is 1. The molecule has 80 valence electrons. The van der Waals surface area contributed by atoms with Crippen LogP contribution in [-0.4, -0.2) is 43.5 Å². The van der Waals surface area contributed by atoms with Gasteiger partial charge in [0.15, 0.2) is 0 Å². The largest absolute Gasteiger partial charge is 0.383 e. The Kier molecular flexibility index (Phi) is 5.03. The summed E-state index contributed by atoms with van der Waals surface area (Å²) in [5.74, 6) is 0.860. The van der Waals surface area contributed by atoms with Crippen LogP contribution in [-0.2, 0) is 16.0 Å². The average Bonchev–Trinajstić information content (AvgIpc) is 2.63. The van der Waals surface area contributed by atoms with Gasteiger partial charge in [-0.1, -0.05) is 0 Å². The molecule has 5 heteroatoms. The summed E-state index contributed by atoms with van der Waals surface area (Å²) in [5.41, 5.74) is 0. The van der Waals surface area contributed by atoms with E-state index in [1.165, 1.54) is 0 Å². The van der Waals surface area contributed by atoms with E-state index in [0.29, 0.717) is 13.2 Å². The van der Waals surface area contributed by atoms with Crippen LogP contribution in [0.1, 0.15) is 0 Å². The van der Waals surface area contributed by atoms with Crippen molar-refractivity contribution in [3.8, 4) is 0 Å². The van der Waals surface area contributed by atoms with E-state index >= 15 is 0 Å². The molecular weight excluding hydrogens is 182 g/mol. The fourth-order valence-corrected chi connectivity index (χ4v) is 1.11. The van der Waals surface area contributed by atoms with Crippen LogP contribution >= 0.6 is 0 Å². The highest BCUT2D eigenvalue weighted by Gasteiger charge is 2.00. The molecule has 1 aromatic rings. The lowest BCUT2D eigenvalue weighted by Crippen LogP contribution is -2.13. The highest BCUT2D eigenvalue weighted by molar-refractivity contribution is 5.25. The molecule has 0 aromatic carbocycles. The van der Waals surface area contributed by atoms with Crippen LogP contribution in [0.2, 0.25) is 0 Å². The molecular formula is C9H17N3O2. The highest BCUT2D eigenvalue weighted by atomic mass is 16.5. The fraction of sp³-hybridized carbons (Fsp3) is 0.667. The molecule has 0 saturated heterocycles. The van der Waals surface area contributed by atoms with E-state index in [-0.39, 0.29) is 0 Å². The van der Waals surface area contributed by atoms with E-state index < -0.39 is 0 Å². The predicted molar refractivity (Wildman–Crippen MR) is 54.5 cm³/mol. The second-order valence-corrected chi connectivity index (χ2v) is 2.86. The van der Waals surface area contributed by atoms with Gasteiger partial charge >= 0.3 is 0 Å². The fourth-order valence-electron chi connectivity index (χ4n) is 1.11. The minimum Gasteiger partial charge on any atom is -0.383 e. The number of hydrogen-bond acceptors (Lipinski definition) is 4. The van der Waals surface area contributed by atoms with Crippen LogP contribution in [0.25, 0.3) is 0 Å². The number of aromatic nitrogens is 2. The number of methoxy groups -OCH3 is 2. The van der Waals surface area contributed by atoms with Crippen molar-refractivity contribution in [1.29, 1.82) is 0 Å². The molecule has 1 heterocycles. The predicted octanol–water partition coefficient (Wildman–Crippen LogP) is 0.588. The van der Waals surface area contributed by atoms with Crippen LogP contribution in [0.15, 0.2) is 12.4 Å². The van der Waals surface area contributed by atoms with Gasteiger partial charge in [-0.05, 0) is 0 Å². The average molecular weight is 199 g/mol. The van der Waals surface area contributed by atoms with Crippen LogP contribution in [0, 0.1) is 0 Å². The molecule has 1 aromatic heterocycles. The lowest BCUT2D eigenvalue weighted by molar-refractivity contribution is 0.187. The van der Waals surface area contributed by atoms with Crippen LogP contribution in [0.5, 0.6) is 0 Å². The second kappa shape index (κ2) is 6.39. The number of nitrogens with one attached hydrogen (secondary N) is 1. The van der Waals surface area contributed by atoms with Crippen molar-refractivity contribution >= 4 is 5.95 Å². The van der Waals surface area contributed by atoms with E-state index in [9.17, 15) is 0 Å². The zero-order valence-corrected chi connectivity index (χ0v) is 8.69. The van der Waals surface area contributed by atoms with Crippen molar-refractivity contribution in [3.63, 3.8) is 0 Å². The molecule has 0 aliphatic rings. The lowest BCUT2D eigenvalue weighted by Gasteiger charge is -2.08. The number of imidazole rings is 1. The number of nitrogens with zero attached hydrogens (tertiary/aromatic N) is 2. The molecule has 0 fully saturated rings. The third-order valence-electron chi connectivity index (χ3n) is 1.84. The smallest absolute Gasteiger partial charge is 0.202 e. The van der Waals surface area contributed by atoms with E-state index in [2.05, 4.69) is 10.3 Å². The molecule has 0 aliphatic heterocycles. The van der Waals surface area contributed by atoms with Gasteiger partial charge in [0.25, 0.3) is 0 Å². The number of ether oxygens (including phenoxy) is 2. The molecule has 0 bridgehead atoms. The maximum absolute atomic E-state index is 4.99. The summed E-state index contributed by atoms with van der Waals surface area (Å²) in [6, 6.07) is 0. The van der Waals surface area contributed by atoms with E-state index in [0.717, 1.165) is 19.0 Å². The normalized spacial score (nSPS) is 10.4. The summed E-state index contributed by atoms with van der Waals surface area (Å²) in [6.07, 6.45) is 3.69. The van der Waals surface area contributed by atoms with Crippen LogP contribution in [0.4, 0.5) is 5.95 Å². The minimum atomic E-state index is 0.678. The highest BCUT2D eigenvalue weighted by Crippen LogP contribution is 2.02. The third kappa shape index (κ3) is 3.35. The number of anilines is 1. The maximum Gasteiger partial charge on any atom is 0.202 e. The molecule has 0 amide bonds. The van der Waals surface area contributed by atoms with Gasteiger partial charge in [-0.3, -0.25) is 0 Å². The van der Waals surface area contributed by atoms with Gasteiger partial charge in [0.2, 0.25) is 5.95 Å². The molecule has 1 rings (SSSR count). The molecule has 5 nitrogen and oxygen atoms in total. The molecule has 0 saturated carbocycles. The standard InChI is InChI=1S/C9H17N3O2/c1-13-7-4-11-9-10-3-5-12(9)6-8-14-2/h3,5H,4,6-8H2,1-2H3,(H,10,11). The SMILES string of the molecule is COCCNc1nccn1CCOC. The first kappa shape index (κ1) is 11.0.